The Balaban J connectivity index is 2.62. The maximum Gasteiger partial charge on any atom is 0.218 e. The Kier molecular flexibility index (Phi) is 4.29. The first-order valence-electron chi connectivity index (χ1n) is 6.20. The van der Waals surface area contributed by atoms with Crippen molar-refractivity contribution in [1.29, 1.82) is 0 Å². The van der Waals surface area contributed by atoms with Crippen molar-refractivity contribution < 1.29 is 13.5 Å². The summed E-state index contributed by atoms with van der Waals surface area (Å²) in [7, 11) is 3.11. The van der Waals surface area contributed by atoms with Crippen LogP contribution in [0.3, 0.4) is 0 Å². The monoisotopic (exact) mass is 278 g/mol. The highest BCUT2D eigenvalue weighted by molar-refractivity contribution is 5.40. The molecule has 0 saturated carbocycles. The number of hydrogen-bond donors (Lipinski definition) is 1. The van der Waals surface area contributed by atoms with Crippen LogP contribution in [-0.4, -0.2) is 19.1 Å². The van der Waals surface area contributed by atoms with Crippen LogP contribution in [0.5, 0.6) is 5.88 Å². The number of rotatable bonds is 4. The molecule has 1 heterocycles. The number of halogens is 2. The van der Waals surface area contributed by atoms with Gasteiger partial charge in [0.15, 0.2) is 0 Å². The van der Waals surface area contributed by atoms with Gasteiger partial charge in [0, 0.05) is 17.3 Å². The zero-order valence-electron chi connectivity index (χ0n) is 11.6. The summed E-state index contributed by atoms with van der Waals surface area (Å²) in [6.07, 6.45) is 1.57. The summed E-state index contributed by atoms with van der Waals surface area (Å²) in [4.78, 5) is 4.07. The largest absolute Gasteiger partial charge is 0.481 e. The molecule has 0 aliphatic carbocycles. The van der Waals surface area contributed by atoms with E-state index in [1.54, 1.807) is 32.3 Å². The van der Waals surface area contributed by atoms with E-state index in [1.807, 2.05) is 0 Å². The van der Waals surface area contributed by atoms with Crippen LogP contribution in [0.15, 0.2) is 30.5 Å². The Bertz CT molecular complexity index is 617. The highest BCUT2D eigenvalue weighted by Gasteiger charge is 2.24. The predicted molar refractivity (Wildman–Crippen MR) is 72.8 cm³/mol. The lowest BCUT2D eigenvalue weighted by molar-refractivity contribution is 0.386. The third-order valence-corrected chi connectivity index (χ3v) is 3.20. The van der Waals surface area contributed by atoms with Crippen LogP contribution < -0.4 is 10.1 Å². The molecule has 0 aliphatic rings. The molecule has 3 nitrogen and oxygen atoms in total. The molecule has 0 spiro atoms. The van der Waals surface area contributed by atoms with Crippen molar-refractivity contribution in [2.75, 3.05) is 14.2 Å². The molecule has 0 radical (unpaired) electrons. The second-order valence-corrected chi connectivity index (χ2v) is 4.42. The molecule has 20 heavy (non-hydrogen) atoms. The highest BCUT2D eigenvalue weighted by atomic mass is 19.1. The molecule has 1 aromatic heterocycles. The van der Waals surface area contributed by atoms with Gasteiger partial charge in [-0.1, -0.05) is 12.1 Å². The van der Waals surface area contributed by atoms with Crippen molar-refractivity contribution in [3.8, 4) is 5.88 Å². The summed E-state index contributed by atoms with van der Waals surface area (Å²) >= 11 is 0. The van der Waals surface area contributed by atoms with Crippen LogP contribution in [0.2, 0.25) is 0 Å². The van der Waals surface area contributed by atoms with Gasteiger partial charge in [-0.3, -0.25) is 0 Å². The number of aryl methyl sites for hydroxylation is 1. The Labute approximate surface area is 116 Å². The van der Waals surface area contributed by atoms with E-state index in [0.717, 1.165) is 0 Å². The minimum atomic E-state index is -0.668. The minimum absolute atomic E-state index is 0.0289. The van der Waals surface area contributed by atoms with Gasteiger partial charge in [0.25, 0.3) is 0 Å². The number of hydrogen-bond acceptors (Lipinski definition) is 3. The van der Waals surface area contributed by atoms with Gasteiger partial charge in [-0.2, -0.15) is 0 Å². The van der Waals surface area contributed by atoms with E-state index >= 15 is 0 Å². The molecule has 1 unspecified atom stereocenters. The van der Waals surface area contributed by atoms with Gasteiger partial charge in [-0.25, -0.2) is 13.8 Å². The zero-order chi connectivity index (χ0) is 14.7. The van der Waals surface area contributed by atoms with Crippen LogP contribution in [0, 0.1) is 18.6 Å². The van der Waals surface area contributed by atoms with E-state index in [4.69, 9.17) is 4.74 Å². The number of methoxy groups -OCH3 is 1. The first kappa shape index (κ1) is 14.4. The molecule has 1 N–H and O–H groups in total. The first-order valence-corrected chi connectivity index (χ1v) is 6.20. The van der Waals surface area contributed by atoms with Crippen LogP contribution in [0.1, 0.15) is 22.7 Å². The molecule has 0 bridgehead atoms. The molecule has 2 rings (SSSR count). The van der Waals surface area contributed by atoms with Crippen molar-refractivity contribution >= 4 is 0 Å². The number of ether oxygens (including phenoxy) is 1. The van der Waals surface area contributed by atoms with E-state index < -0.39 is 17.7 Å². The molecule has 5 heteroatoms. The second kappa shape index (κ2) is 5.96. The summed E-state index contributed by atoms with van der Waals surface area (Å²) < 4.78 is 33.5. The lowest BCUT2D eigenvalue weighted by Gasteiger charge is -2.20. The average Bonchev–Trinajstić information content (AvgIpc) is 2.47. The third kappa shape index (κ3) is 2.49. The average molecular weight is 278 g/mol. The highest BCUT2D eigenvalue weighted by Crippen LogP contribution is 2.32. The molecular weight excluding hydrogens is 262 g/mol. The number of nitrogens with one attached hydrogen (secondary N) is 1. The topological polar surface area (TPSA) is 34.2 Å². The maximum absolute atomic E-state index is 14.3. The molecule has 0 aliphatic heterocycles. The van der Waals surface area contributed by atoms with E-state index in [9.17, 15) is 8.78 Å². The summed E-state index contributed by atoms with van der Waals surface area (Å²) in [6.45, 7) is 1.60. The number of nitrogens with zero attached hydrogens (tertiary/aromatic N) is 1. The van der Waals surface area contributed by atoms with Crippen molar-refractivity contribution in [2.24, 2.45) is 0 Å². The maximum atomic E-state index is 14.3. The van der Waals surface area contributed by atoms with Crippen LogP contribution >= 0.6 is 0 Å². The molecule has 2 aromatic rings. The van der Waals surface area contributed by atoms with Gasteiger partial charge in [0.05, 0.1) is 13.2 Å². The van der Waals surface area contributed by atoms with Gasteiger partial charge < -0.3 is 10.1 Å². The molecule has 0 saturated heterocycles. The number of benzene rings is 1. The molecule has 1 aromatic carbocycles. The zero-order valence-corrected chi connectivity index (χ0v) is 11.6. The fraction of sp³-hybridized carbons (Fsp3) is 0.267. The van der Waals surface area contributed by atoms with Gasteiger partial charge in [0.1, 0.15) is 11.6 Å². The Hall–Kier alpha value is -2.01. The van der Waals surface area contributed by atoms with E-state index in [2.05, 4.69) is 10.3 Å². The van der Waals surface area contributed by atoms with Gasteiger partial charge in [-0.15, -0.1) is 0 Å². The number of pyridine rings is 1. The summed E-state index contributed by atoms with van der Waals surface area (Å²) in [5.41, 5.74) is 0.948. The van der Waals surface area contributed by atoms with E-state index in [-0.39, 0.29) is 5.56 Å². The summed E-state index contributed by atoms with van der Waals surface area (Å²) in [6, 6.07) is 5.45. The fourth-order valence-corrected chi connectivity index (χ4v) is 2.19. The van der Waals surface area contributed by atoms with Crippen LogP contribution in [-0.2, 0) is 0 Å². The molecule has 0 fully saturated rings. The van der Waals surface area contributed by atoms with Crippen LogP contribution in [0.25, 0.3) is 0 Å². The van der Waals surface area contributed by atoms with Crippen LogP contribution in [0.4, 0.5) is 8.78 Å². The summed E-state index contributed by atoms with van der Waals surface area (Å²) in [5, 5.41) is 2.92. The molecule has 106 valence electrons. The molecule has 1 atom stereocenters. The normalized spacial score (nSPS) is 12.2. The quantitative estimate of drug-likeness (QED) is 0.933. The Morgan fingerprint density at radius 1 is 1.25 bits per heavy atom. The van der Waals surface area contributed by atoms with Gasteiger partial charge >= 0.3 is 0 Å². The van der Waals surface area contributed by atoms with Crippen molar-refractivity contribution in [2.45, 2.75) is 13.0 Å². The first-order chi connectivity index (χ1) is 9.60. The SMILES string of the molecule is CNC(c1cccnc1OC)c1c(F)ccc(C)c1F. The fourth-order valence-electron chi connectivity index (χ4n) is 2.19. The molecule has 0 amide bonds. The van der Waals surface area contributed by atoms with Crippen molar-refractivity contribution in [1.82, 2.24) is 10.3 Å². The predicted octanol–water partition coefficient (Wildman–Crippen LogP) is 2.99. The van der Waals surface area contributed by atoms with Gasteiger partial charge in [-0.05, 0) is 31.7 Å². The lowest BCUT2D eigenvalue weighted by atomic mass is 9.97. The standard InChI is InChI=1S/C15H16F2N2O/c1-9-6-7-11(16)12(13(9)17)14(18-2)10-5-4-8-19-15(10)20-3/h4-8,14,18H,1-3H3. The Morgan fingerprint density at radius 2 is 2.00 bits per heavy atom. The van der Waals surface area contributed by atoms with Crippen molar-refractivity contribution in [3.05, 3.63) is 58.8 Å². The second-order valence-electron chi connectivity index (χ2n) is 4.42. The van der Waals surface area contributed by atoms with Gasteiger partial charge in [0.2, 0.25) is 5.88 Å². The lowest BCUT2D eigenvalue weighted by Crippen LogP contribution is -2.22. The minimum Gasteiger partial charge on any atom is -0.481 e. The molecular formula is C15H16F2N2O. The van der Waals surface area contributed by atoms with E-state index in [1.165, 1.54) is 19.2 Å². The summed E-state index contributed by atoms with van der Waals surface area (Å²) in [5.74, 6) is -0.819. The third-order valence-electron chi connectivity index (χ3n) is 3.20. The Morgan fingerprint density at radius 3 is 2.65 bits per heavy atom. The number of aromatic nitrogens is 1. The van der Waals surface area contributed by atoms with Crippen molar-refractivity contribution in [3.63, 3.8) is 0 Å². The van der Waals surface area contributed by atoms with E-state index in [0.29, 0.717) is 17.0 Å². The smallest absolute Gasteiger partial charge is 0.218 e.